The van der Waals surface area contributed by atoms with Crippen molar-refractivity contribution in [1.82, 2.24) is 10.6 Å². The van der Waals surface area contributed by atoms with Crippen LogP contribution in [0.2, 0.25) is 0 Å². The maximum atomic E-state index is 11.3. The molecule has 0 spiro atoms. The van der Waals surface area contributed by atoms with Crippen LogP contribution in [0.15, 0.2) is 0 Å². The number of carbonyl (C=O) groups excluding carboxylic acids is 3. The molecule has 0 aliphatic carbocycles. The van der Waals surface area contributed by atoms with Crippen molar-refractivity contribution in [3.63, 3.8) is 0 Å². The molecule has 116 valence electrons. The Morgan fingerprint density at radius 2 is 1.90 bits per heavy atom. The van der Waals surface area contributed by atoms with Gasteiger partial charge in [-0.3, -0.25) is 4.79 Å². The summed E-state index contributed by atoms with van der Waals surface area (Å²) in [4.78, 5) is 33.0. The minimum absolute atomic E-state index is 0.448. The summed E-state index contributed by atoms with van der Waals surface area (Å²) in [5, 5.41) is 5.02. The molecule has 0 radical (unpaired) electrons. The van der Waals surface area contributed by atoms with Crippen LogP contribution in [0.3, 0.4) is 0 Å². The van der Waals surface area contributed by atoms with Gasteiger partial charge >= 0.3 is 12.1 Å². The smallest absolute Gasteiger partial charge is 0.407 e. The minimum Gasteiger partial charge on any atom is -0.467 e. The predicted molar refractivity (Wildman–Crippen MR) is 73.1 cm³/mol. The molecule has 0 saturated heterocycles. The molecule has 0 aliphatic rings. The number of hydrogen-bond donors (Lipinski definition) is 2. The molecule has 0 aromatic rings. The van der Waals surface area contributed by atoms with E-state index in [4.69, 9.17) is 4.74 Å². The second-order valence-corrected chi connectivity index (χ2v) is 5.28. The van der Waals surface area contributed by atoms with Crippen molar-refractivity contribution < 1.29 is 23.9 Å². The number of esters is 1. The number of ether oxygens (including phenoxy) is 2. The van der Waals surface area contributed by atoms with Crippen LogP contribution >= 0.6 is 0 Å². The number of nitrogens with one attached hydrogen (secondary N) is 2. The normalized spacial score (nSPS) is 12.2. The molecule has 0 aliphatic heterocycles. The molecule has 2 amide bonds. The SMILES string of the molecule is COC(=O)C(CCCCNC(=O)OC(C)(C)C)NC=O. The molecule has 0 rings (SSSR count). The first-order valence-corrected chi connectivity index (χ1v) is 6.54. The summed E-state index contributed by atoms with van der Waals surface area (Å²) in [5.74, 6) is -0.475. The number of unbranched alkanes of at least 4 members (excludes halogenated alkanes) is 1. The molecule has 0 fully saturated rings. The molecule has 0 bridgehead atoms. The maximum absolute atomic E-state index is 11.3. The van der Waals surface area contributed by atoms with Crippen LogP contribution in [0.1, 0.15) is 40.0 Å². The lowest BCUT2D eigenvalue weighted by Crippen LogP contribution is -2.37. The monoisotopic (exact) mass is 288 g/mol. The van der Waals surface area contributed by atoms with Crippen LogP contribution < -0.4 is 10.6 Å². The fourth-order valence-electron chi connectivity index (χ4n) is 1.47. The average Bonchev–Trinajstić information content (AvgIpc) is 2.34. The van der Waals surface area contributed by atoms with Crippen LogP contribution in [0.4, 0.5) is 4.79 Å². The van der Waals surface area contributed by atoms with Gasteiger partial charge in [0.2, 0.25) is 6.41 Å². The van der Waals surface area contributed by atoms with E-state index < -0.39 is 23.7 Å². The maximum Gasteiger partial charge on any atom is 0.407 e. The topological polar surface area (TPSA) is 93.7 Å². The van der Waals surface area contributed by atoms with E-state index in [0.29, 0.717) is 32.2 Å². The predicted octanol–water partition coefficient (Wildman–Crippen LogP) is 0.969. The third kappa shape index (κ3) is 9.18. The quantitative estimate of drug-likeness (QED) is 0.394. The van der Waals surface area contributed by atoms with Gasteiger partial charge in [0, 0.05) is 6.54 Å². The molecule has 7 nitrogen and oxygen atoms in total. The molecule has 1 atom stereocenters. The van der Waals surface area contributed by atoms with Crippen LogP contribution in [0.25, 0.3) is 0 Å². The number of amides is 2. The Morgan fingerprint density at radius 1 is 1.25 bits per heavy atom. The molecular formula is C13H24N2O5. The molecule has 0 aromatic carbocycles. The van der Waals surface area contributed by atoms with E-state index in [1.165, 1.54) is 7.11 Å². The first-order valence-electron chi connectivity index (χ1n) is 6.54. The van der Waals surface area contributed by atoms with Gasteiger partial charge in [-0.1, -0.05) is 0 Å². The highest BCUT2D eigenvalue weighted by Crippen LogP contribution is 2.06. The number of rotatable bonds is 8. The van der Waals surface area contributed by atoms with E-state index in [0.717, 1.165) is 0 Å². The Hall–Kier alpha value is -1.79. The Bertz CT molecular complexity index is 325. The minimum atomic E-state index is -0.640. The third-order valence-corrected chi connectivity index (χ3v) is 2.34. The first kappa shape index (κ1) is 18.2. The molecule has 0 heterocycles. The fourth-order valence-corrected chi connectivity index (χ4v) is 1.47. The molecule has 0 saturated carbocycles. The summed E-state index contributed by atoms with van der Waals surface area (Å²) in [6.45, 7) is 5.82. The molecule has 7 heteroatoms. The van der Waals surface area contributed by atoms with E-state index in [1.54, 1.807) is 20.8 Å². The van der Waals surface area contributed by atoms with Crippen molar-refractivity contribution >= 4 is 18.5 Å². The Kier molecular flexibility index (Phi) is 8.35. The summed E-state index contributed by atoms with van der Waals surface area (Å²) < 4.78 is 9.64. The summed E-state index contributed by atoms with van der Waals surface area (Å²) >= 11 is 0. The zero-order valence-electron chi connectivity index (χ0n) is 12.5. The molecule has 2 N–H and O–H groups in total. The van der Waals surface area contributed by atoms with E-state index in [2.05, 4.69) is 15.4 Å². The Labute approximate surface area is 119 Å². The lowest BCUT2D eigenvalue weighted by atomic mass is 10.1. The fraction of sp³-hybridized carbons (Fsp3) is 0.769. The first-order chi connectivity index (χ1) is 9.30. The van der Waals surface area contributed by atoms with Gasteiger partial charge in [0.25, 0.3) is 0 Å². The highest BCUT2D eigenvalue weighted by molar-refractivity contribution is 5.77. The highest BCUT2D eigenvalue weighted by Gasteiger charge is 2.18. The lowest BCUT2D eigenvalue weighted by molar-refractivity contribution is -0.144. The molecule has 20 heavy (non-hydrogen) atoms. The van der Waals surface area contributed by atoms with E-state index in [-0.39, 0.29) is 0 Å². The zero-order valence-corrected chi connectivity index (χ0v) is 12.5. The van der Waals surface area contributed by atoms with Crippen LogP contribution in [-0.4, -0.2) is 43.8 Å². The van der Waals surface area contributed by atoms with E-state index in [9.17, 15) is 14.4 Å². The van der Waals surface area contributed by atoms with Crippen molar-refractivity contribution in [3.05, 3.63) is 0 Å². The van der Waals surface area contributed by atoms with Gasteiger partial charge in [-0.2, -0.15) is 0 Å². The van der Waals surface area contributed by atoms with Gasteiger partial charge in [-0.25, -0.2) is 9.59 Å². The Morgan fingerprint density at radius 3 is 2.40 bits per heavy atom. The standard InChI is InChI=1S/C13H24N2O5/c1-13(2,3)20-12(18)14-8-6-5-7-10(15-9-16)11(17)19-4/h9-10H,5-8H2,1-4H3,(H,14,18)(H,15,16). The summed E-state index contributed by atoms with van der Waals surface area (Å²) in [6.07, 6.45) is 1.80. The lowest BCUT2D eigenvalue weighted by Gasteiger charge is -2.19. The zero-order chi connectivity index (χ0) is 15.6. The second kappa shape index (κ2) is 9.17. The summed E-state index contributed by atoms with van der Waals surface area (Å²) in [5.41, 5.74) is -0.520. The van der Waals surface area contributed by atoms with Crippen molar-refractivity contribution in [1.29, 1.82) is 0 Å². The van der Waals surface area contributed by atoms with Crippen LogP contribution in [0.5, 0.6) is 0 Å². The summed E-state index contributed by atoms with van der Waals surface area (Å²) in [7, 11) is 1.27. The molecule has 1 unspecified atom stereocenters. The van der Waals surface area contributed by atoms with Gasteiger partial charge in [0.1, 0.15) is 11.6 Å². The van der Waals surface area contributed by atoms with E-state index >= 15 is 0 Å². The number of methoxy groups -OCH3 is 1. The molecule has 0 aromatic heterocycles. The van der Waals surface area contributed by atoms with Crippen LogP contribution in [-0.2, 0) is 19.1 Å². The van der Waals surface area contributed by atoms with Gasteiger partial charge in [0.15, 0.2) is 0 Å². The Balaban J connectivity index is 3.81. The highest BCUT2D eigenvalue weighted by atomic mass is 16.6. The third-order valence-electron chi connectivity index (χ3n) is 2.34. The van der Waals surface area contributed by atoms with Crippen molar-refractivity contribution in [2.24, 2.45) is 0 Å². The average molecular weight is 288 g/mol. The largest absolute Gasteiger partial charge is 0.467 e. The number of alkyl carbamates (subject to hydrolysis) is 1. The summed E-state index contributed by atoms with van der Waals surface area (Å²) in [6, 6.07) is -0.640. The van der Waals surface area contributed by atoms with Crippen molar-refractivity contribution in [3.8, 4) is 0 Å². The van der Waals surface area contributed by atoms with Crippen molar-refractivity contribution in [2.75, 3.05) is 13.7 Å². The van der Waals surface area contributed by atoms with Crippen molar-refractivity contribution in [2.45, 2.75) is 51.7 Å². The van der Waals surface area contributed by atoms with E-state index in [1.807, 2.05) is 0 Å². The van der Waals surface area contributed by atoms with Gasteiger partial charge in [0.05, 0.1) is 7.11 Å². The number of carbonyl (C=O) groups is 3. The number of hydrogen-bond acceptors (Lipinski definition) is 5. The van der Waals surface area contributed by atoms with Gasteiger partial charge < -0.3 is 20.1 Å². The second-order valence-electron chi connectivity index (χ2n) is 5.28. The molecular weight excluding hydrogens is 264 g/mol. The van der Waals surface area contributed by atoms with Crippen LogP contribution in [0, 0.1) is 0 Å². The van der Waals surface area contributed by atoms with Gasteiger partial charge in [-0.15, -0.1) is 0 Å². The van der Waals surface area contributed by atoms with Gasteiger partial charge in [-0.05, 0) is 40.0 Å².